The van der Waals surface area contributed by atoms with Crippen molar-refractivity contribution in [2.45, 2.75) is 19.8 Å². The van der Waals surface area contributed by atoms with Gasteiger partial charge in [0.25, 0.3) is 5.91 Å². The van der Waals surface area contributed by atoms with E-state index in [9.17, 15) is 14.4 Å². The van der Waals surface area contributed by atoms with E-state index in [1.165, 1.54) is 32.4 Å². The maximum atomic E-state index is 12.2. The van der Waals surface area contributed by atoms with Crippen molar-refractivity contribution in [2.75, 3.05) is 32.8 Å². The van der Waals surface area contributed by atoms with E-state index in [4.69, 9.17) is 14.2 Å². The van der Waals surface area contributed by atoms with Gasteiger partial charge in [-0.05, 0) is 48.9 Å². The highest BCUT2D eigenvalue weighted by Crippen LogP contribution is 2.28. The van der Waals surface area contributed by atoms with Gasteiger partial charge in [0.05, 0.1) is 32.0 Å². The minimum absolute atomic E-state index is 0.269. The van der Waals surface area contributed by atoms with Gasteiger partial charge in [0.2, 0.25) is 0 Å². The van der Waals surface area contributed by atoms with E-state index >= 15 is 0 Å². The second kappa shape index (κ2) is 11.5. The Hall–Kier alpha value is -3.55. The normalized spacial score (nSPS) is 10.1. The highest BCUT2D eigenvalue weighted by atomic mass is 16.5. The Morgan fingerprint density at radius 2 is 1.60 bits per heavy atom. The van der Waals surface area contributed by atoms with Crippen LogP contribution in [0.4, 0.5) is 5.69 Å². The largest absolute Gasteiger partial charge is 0.493 e. The van der Waals surface area contributed by atoms with Crippen LogP contribution in [0.5, 0.6) is 11.5 Å². The first-order chi connectivity index (χ1) is 14.5. The minimum atomic E-state index is -0.504. The van der Waals surface area contributed by atoms with Crippen LogP contribution >= 0.6 is 0 Å². The van der Waals surface area contributed by atoms with Crippen molar-refractivity contribution < 1.29 is 33.3 Å². The zero-order valence-corrected chi connectivity index (χ0v) is 17.2. The average Bonchev–Trinajstić information content (AvgIpc) is 2.77. The lowest BCUT2D eigenvalue weighted by Crippen LogP contribution is -2.20. The molecule has 0 unspecified atom stereocenters. The maximum absolute atomic E-state index is 12.2. The molecule has 1 N–H and O–H groups in total. The second-order valence-electron chi connectivity index (χ2n) is 6.26. The Kier molecular flexibility index (Phi) is 8.68. The lowest BCUT2D eigenvalue weighted by atomic mass is 10.2. The van der Waals surface area contributed by atoms with Crippen LogP contribution in [-0.2, 0) is 14.3 Å². The molecule has 0 heterocycles. The zero-order chi connectivity index (χ0) is 21.9. The molecule has 0 atom stereocenters. The Morgan fingerprint density at radius 1 is 0.900 bits per heavy atom. The fraction of sp³-hybridized carbons (Fsp3) is 0.318. The predicted octanol–water partition coefficient (Wildman–Crippen LogP) is 3.46. The summed E-state index contributed by atoms with van der Waals surface area (Å²) < 4.78 is 20.5. The number of amides is 1. The van der Waals surface area contributed by atoms with Crippen LogP contribution in [0.3, 0.4) is 0 Å². The van der Waals surface area contributed by atoms with Gasteiger partial charge in [-0.25, -0.2) is 9.59 Å². The van der Waals surface area contributed by atoms with Gasteiger partial charge in [-0.2, -0.15) is 0 Å². The van der Waals surface area contributed by atoms with Crippen molar-refractivity contribution >= 4 is 23.5 Å². The third-order valence-electron chi connectivity index (χ3n) is 4.08. The Balaban J connectivity index is 1.90. The summed E-state index contributed by atoms with van der Waals surface area (Å²) in [5.41, 5.74) is 1.23. The van der Waals surface area contributed by atoms with Gasteiger partial charge in [-0.15, -0.1) is 0 Å². The lowest BCUT2D eigenvalue weighted by molar-refractivity contribution is -0.118. The van der Waals surface area contributed by atoms with Crippen LogP contribution < -0.4 is 14.8 Å². The molecule has 0 radical (unpaired) electrons. The number of hydrogen-bond donors (Lipinski definition) is 1. The van der Waals surface area contributed by atoms with E-state index in [0.717, 1.165) is 12.8 Å². The standard InChI is InChI=1S/C22H25NO7/c1-4-5-12-29-22(26)15-6-9-17(10-7-15)23-20(24)14-30-18-11-8-16(21(25)28-3)13-19(18)27-2/h6-11,13H,4-5,12,14H2,1-3H3,(H,23,24). The van der Waals surface area contributed by atoms with Crippen LogP contribution in [0.1, 0.15) is 40.5 Å². The summed E-state index contributed by atoms with van der Waals surface area (Å²) in [5, 5.41) is 2.68. The van der Waals surface area contributed by atoms with Gasteiger partial charge in [0.15, 0.2) is 18.1 Å². The van der Waals surface area contributed by atoms with Gasteiger partial charge in [-0.1, -0.05) is 13.3 Å². The molecule has 2 rings (SSSR count). The van der Waals surface area contributed by atoms with E-state index < -0.39 is 17.8 Å². The number of benzene rings is 2. The molecule has 8 nitrogen and oxygen atoms in total. The number of anilines is 1. The van der Waals surface area contributed by atoms with Crippen molar-refractivity contribution in [2.24, 2.45) is 0 Å². The number of nitrogens with one attached hydrogen (secondary N) is 1. The molecule has 0 aliphatic rings. The van der Waals surface area contributed by atoms with Gasteiger partial charge < -0.3 is 24.3 Å². The topological polar surface area (TPSA) is 100 Å². The molecule has 0 saturated carbocycles. The first kappa shape index (κ1) is 22.7. The number of rotatable bonds is 10. The molecule has 2 aromatic rings. The molecule has 0 aliphatic carbocycles. The maximum Gasteiger partial charge on any atom is 0.338 e. The molecule has 160 valence electrons. The molecule has 0 fully saturated rings. The third-order valence-corrected chi connectivity index (χ3v) is 4.08. The number of carbonyl (C=O) groups is 3. The monoisotopic (exact) mass is 415 g/mol. The first-order valence-corrected chi connectivity index (χ1v) is 9.44. The number of hydrogen-bond acceptors (Lipinski definition) is 7. The number of ether oxygens (including phenoxy) is 4. The molecular formula is C22H25NO7. The molecule has 30 heavy (non-hydrogen) atoms. The first-order valence-electron chi connectivity index (χ1n) is 9.44. The Morgan fingerprint density at radius 3 is 2.23 bits per heavy atom. The van der Waals surface area contributed by atoms with Crippen LogP contribution in [0.15, 0.2) is 42.5 Å². The fourth-order valence-electron chi connectivity index (χ4n) is 2.45. The van der Waals surface area contributed by atoms with Gasteiger partial charge >= 0.3 is 11.9 Å². The minimum Gasteiger partial charge on any atom is -0.493 e. The molecule has 8 heteroatoms. The van der Waals surface area contributed by atoms with Crippen LogP contribution in [-0.4, -0.2) is 45.3 Å². The van der Waals surface area contributed by atoms with Crippen molar-refractivity contribution in [3.63, 3.8) is 0 Å². The summed E-state index contributed by atoms with van der Waals surface area (Å²) in [7, 11) is 2.71. The van der Waals surface area contributed by atoms with Crippen molar-refractivity contribution in [3.05, 3.63) is 53.6 Å². The summed E-state index contributed by atoms with van der Waals surface area (Å²) >= 11 is 0. The fourth-order valence-corrected chi connectivity index (χ4v) is 2.45. The van der Waals surface area contributed by atoms with E-state index in [1.807, 2.05) is 6.92 Å². The summed E-state index contributed by atoms with van der Waals surface area (Å²) in [4.78, 5) is 35.6. The highest BCUT2D eigenvalue weighted by Gasteiger charge is 2.13. The Labute approximate surface area is 175 Å². The number of esters is 2. The molecule has 0 bridgehead atoms. The van der Waals surface area contributed by atoms with E-state index in [1.54, 1.807) is 24.3 Å². The molecule has 0 saturated heterocycles. The number of methoxy groups -OCH3 is 2. The molecule has 0 aromatic heterocycles. The average molecular weight is 415 g/mol. The van der Waals surface area contributed by atoms with Gasteiger partial charge in [-0.3, -0.25) is 4.79 Å². The SMILES string of the molecule is CCCCOC(=O)c1ccc(NC(=O)COc2ccc(C(=O)OC)cc2OC)cc1. The summed E-state index contributed by atoms with van der Waals surface area (Å²) in [6, 6.07) is 10.9. The number of carbonyl (C=O) groups excluding carboxylic acids is 3. The Bertz CT molecular complexity index is 878. The lowest BCUT2D eigenvalue weighted by Gasteiger charge is -2.12. The summed E-state index contributed by atoms with van der Waals surface area (Å²) in [6.45, 7) is 2.13. The number of unbranched alkanes of at least 4 members (excludes halogenated alkanes) is 1. The third kappa shape index (κ3) is 6.51. The molecule has 2 aromatic carbocycles. The molecule has 1 amide bonds. The van der Waals surface area contributed by atoms with Crippen molar-refractivity contribution in [1.29, 1.82) is 0 Å². The quantitative estimate of drug-likeness (QED) is 0.468. The van der Waals surface area contributed by atoms with E-state index in [2.05, 4.69) is 10.1 Å². The van der Waals surface area contributed by atoms with Crippen LogP contribution in [0, 0.1) is 0 Å². The summed E-state index contributed by atoms with van der Waals surface area (Å²) in [5.74, 6) is -0.683. The predicted molar refractivity (Wildman–Crippen MR) is 110 cm³/mol. The van der Waals surface area contributed by atoms with E-state index in [-0.39, 0.29) is 6.61 Å². The molecule has 0 aliphatic heterocycles. The molecular weight excluding hydrogens is 390 g/mol. The summed E-state index contributed by atoms with van der Waals surface area (Å²) in [6.07, 6.45) is 1.76. The van der Waals surface area contributed by atoms with Crippen molar-refractivity contribution in [3.8, 4) is 11.5 Å². The van der Waals surface area contributed by atoms with Crippen LogP contribution in [0.2, 0.25) is 0 Å². The van der Waals surface area contributed by atoms with Crippen molar-refractivity contribution in [1.82, 2.24) is 0 Å². The smallest absolute Gasteiger partial charge is 0.338 e. The second-order valence-corrected chi connectivity index (χ2v) is 6.26. The van der Waals surface area contributed by atoms with Gasteiger partial charge in [0.1, 0.15) is 0 Å². The van der Waals surface area contributed by atoms with Gasteiger partial charge in [0, 0.05) is 5.69 Å². The highest BCUT2D eigenvalue weighted by molar-refractivity contribution is 5.94. The molecule has 0 spiro atoms. The van der Waals surface area contributed by atoms with E-state index in [0.29, 0.717) is 34.9 Å². The zero-order valence-electron chi connectivity index (χ0n) is 17.2. The van der Waals surface area contributed by atoms with Crippen LogP contribution in [0.25, 0.3) is 0 Å².